The van der Waals surface area contributed by atoms with Gasteiger partial charge in [0.05, 0.1) is 4.88 Å². The van der Waals surface area contributed by atoms with E-state index in [0.717, 1.165) is 23.0 Å². The minimum Gasteiger partial charge on any atom is -0.298 e. The van der Waals surface area contributed by atoms with Crippen LogP contribution in [-0.2, 0) is 0 Å². The van der Waals surface area contributed by atoms with E-state index in [0.29, 0.717) is 10.4 Å². The molecule has 0 unspecified atom stereocenters. The van der Waals surface area contributed by atoms with Gasteiger partial charge in [0.15, 0.2) is 6.29 Å². The molecule has 2 rings (SSSR count). The van der Waals surface area contributed by atoms with Crippen LogP contribution in [0.2, 0.25) is 0 Å². The molecule has 2 aromatic rings. The number of carbonyl (C=O) groups excluding carboxylic acids is 2. The van der Waals surface area contributed by atoms with Gasteiger partial charge >= 0.3 is 0 Å². The van der Waals surface area contributed by atoms with Gasteiger partial charge in [-0.2, -0.15) is 0 Å². The van der Waals surface area contributed by atoms with Crippen LogP contribution in [0.1, 0.15) is 20.0 Å². The number of hydrogen-bond acceptors (Lipinski definition) is 3. The zero-order chi connectivity index (χ0) is 10.7. The van der Waals surface area contributed by atoms with Crippen LogP contribution in [0.15, 0.2) is 36.4 Å². The minimum atomic E-state index is 0.647. The highest BCUT2D eigenvalue weighted by Crippen LogP contribution is 2.27. The van der Waals surface area contributed by atoms with Gasteiger partial charge in [-0.3, -0.25) is 9.59 Å². The van der Waals surface area contributed by atoms with Crippen LogP contribution in [0.3, 0.4) is 0 Å². The summed E-state index contributed by atoms with van der Waals surface area (Å²) in [5.74, 6) is 0. The normalized spacial score (nSPS) is 9.87. The van der Waals surface area contributed by atoms with Gasteiger partial charge in [-0.1, -0.05) is 18.2 Å². The van der Waals surface area contributed by atoms with Gasteiger partial charge in [-0.15, -0.1) is 11.3 Å². The van der Waals surface area contributed by atoms with Gasteiger partial charge in [0.2, 0.25) is 0 Å². The quantitative estimate of drug-likeness (QED) is 0.739. The van der Waals surface area contributed by atoms with Crippen molar-refractivity contribution in [2.75, 3.05) is 0 Å². The molecule has 0 fully saturated rings. The zero-order valence-corrected chi connectivity index (χ0v) is 8.66. The summed E-state index contributed by atoms with van der Waals surface area (Å²) in [5, 5.41) is 0. The molecular formula is C12H8O2S. The van der Waals surface area contributed by atoms with Crippen molar-refractivity contribution < 1.29 is 9.59 Å². The summed E-state index contributed by atoms with van der Waals surface area (Å²) in [6.45, 7) is 0. The van der Waals surface area contributed by atoms with Crippen molar-refractivity contribution in [3.05, 3.63) is 46.8 Å². The molecule has 74 valence electrons. The Morgan fingerprint density at radius 3 is 2.53 bits per heavy atom. The van der Waals surface area contributed by atoms with Crippen molar-refractivity contribution in [2.45, 2.75) is 0 Å². The average Bonchev–Trinajstić information content (AvgIpc) is 2.78. The first kappa shape index (κ1) is 9.80. The van der Waals surface area contributed by atoms with Crippen LogP contribution in [0.25, 0.3) is 10.4 Å². The third-order valence-electron chi connectivity index (χ3n) is 2.05. The molecule has 15 heavy (non-hydrogen) atoms. The zero-order valence-electron chi connectivity index (χ0n) is 7.84. The number of thiophene rings is 1. The Morgan fingerprint density at radius 1 is 1.00 bits per heavy atom. The van der Waals surface area contributed by atoms with Crippen molar-refractivity contribution >= 4 is 23.9 Å². The van der Waals surface area contributed by atoms with Crippen molar-refractivity contribution in [3.63, 3.8) is 0 Å². The summed E-state index contributed by atoms with van der Waals surface area (Å²) >= 11 is 1.42. The molecule has 0 spiro atoms. The van der Waals surface area contributed by atoms with E-state index in [9.17, 15) is 9.59 Å². The number of rotatable bonds is 3. The highest BCUT2D eigenvalue weighted by Gasteiger charge is 2.02. The highest BCUT2D eigenvalue weighted by atomic mass is 32.1. The molecule has 1 aromatic carbocycles. The molecule has 3 heteroatoms. The Morgan fingerprint density at radius 2 is 1.87 bits per heavy atom. The Balaban J connectivity index is 2.43. The molecule has 1 heterocycles. The molecule has 0 amide bonds. The third kappa shape index (κ3) is 2.02. The minimum absolute atomic E-state index is 0.647. The second-order valence-corrected chi connectivity index (χ2v) is 4.18. The molecule has 0 N–H and O–H groups in total. The summed E-state index contributed by atoms with van der Waals surface area (Å²) in [5.41, 5.74) is 1.62. The summed E-state index contributed by atoms with van der Waals surface area (Å²) in [6.07, 6.45) is 1.65. The monoisotopic (exact) mass is 216 g/mol. The molecule has 0 atom stereocenters. The number of carbonyl (C=O) groups is 2. The van der Waals surface area contributed by atoms with Crippen molar-refractivity contribution in [2.24, 2.45) is 0 Å². The maximum atomic E-state index is 10.6. The van der Waals surface area contributed by atoms with Crippen LogP contribution in [0.5, 0.6) is 0 Å². The van der Waals surface area contributed by atoms with E-state index in [1.807, 2.05) is 24.3 Å². The maximum Gasteiger partial charge on any atom is 0.160 e. The fourth-order valence-corrected chi connectivity index (χ4v) is 2.16. The lowest BCUT2D eigenvalue weighted by molar-refractivity contribution is 0.111. The Kier molecular flexibility index (Phi) is 2.74. The number of aldehydes is 2. The second kappa shape index (κ2) is 4.19. The van der Waals surface area contributed by atoms with Gasteiger partial charge < -0.3 is 0 Å². The van der Waals surface area contributed by atoms with Gasteiger partial charge in [-0.25, -0.2) is 0 Å². The molecule has 0 saturated carbocycles. The first-order valence-electron chi connectivity index (χ1n) is 4.44. The van der Waals surface area contributed by atoms with E-state index in [1.165, 1.54) is 11.3 Å². The summed E-state index contributed by atoms with van der Waals surface area (Å²) in [7, 11) is 0. The van der Waals surface area contributed by atoms with Crippen molar-refractivity contribution in [1.29, 1.82) is 0 Å². The summed E-state index contributed by atoms with van der Waals surface area (Å²) in [4.78, 5) is 22.8. The van der Waals surface area contributed by atoms with Gasteiger partial charge in [-0.05, 0) is 23.8 Å². The lowest BCUT2D eigenvalue weighted by atomic mass is 10.1. The smallest absolute Gasteiger partial charge is 0.160 e. The van der Waals surface area contributed by atoms with E-state index in [2.05, 4.69) is 0 Å². The SMILES string of the molecule is O=Cc1cccc(-c2ccc(C=O)s2)c1. The molecule has 0 saturated heterocycles. The maximum absolute atomic E-state index is 10.6. The van der Waals surface area contributed by atoms with Gasteiger partial charge in [0, 0.05) is 10.4 Å². The van der Waals surface area contributed by atoms with Crippen LogP contribution in [0.4, 0.5) is 0 Å². The molecule has 1 aromatic heterocycles. The number of benzene rings is 1. The first-order valence-corrected chi connectivity index (χ1v) is 5.26. The lowest BCUT2D eigenvalue weighted by Gasteiger charge is -1.97. The van der Waals surface area contributed by atoms with Gasteiger partial charge in [0.25, 0.3) is 0 Å². The molecular weight excluding hydrogens is 208 g/mol. The third-order valence-corrected chi connectivity index (χ3v) is 3.11. The van der Waals surface area contributed by atoms with Crippen molar-refractivity contribution in [1.82, 2.24) is 0 Å². The standard InChI is InChI=1S/C12H8O2S/c13-7-9-2-1-3-10(6-9)12-5-4-11(8-14)15-12/h1-8H. The fourth-order valence-electron chi connectivity index (χ4n) is 1.34. The van der Waals surface area contributed by atoms with Crippen LogP contribution in [0, 0.1) is 0 Å². The predicted molar refractivity (Wildman–Crippen MR) is 60.5 cm³/mol. The van der Waals surface area contributed by atoms with E-state index in [4.69, 9.17) is 0 Å². The molecule has 0 aliphatic rings. The van der Waals surface area contributed by atoms with E-state index < -0.39 is 0 Å². The van der Waals surface area contributed by atoms with Crippen LogP contribution >= 0.6 is 11.3 Å². The summed E-state index contributed by atoms with van der Waals surface area (Å²) in [6, 6.07) is 11.0. The fraction of sp³-hybridized carbons (Fsp3) is 0. The Labute approximate surface area is 91.2 Å². The second-order valence-electron chi connectivity index (χ2n) is 3.06. The molecule has 0 bridgehead atoms. The van der Waals surface area contributed by atoms with Crippen molar-refractivity contribution in [3.8, 4) is 10.4 Å². The van der Waals surface area contributed by atoms with E-state index in [1.54, 1.807) is 12.1 Å². The Bertz CT molecular complexity index is 500. The largest absolute Gasteiger partial charge is 0.298 e. The molecule has 2 nitrogen and oxygen atoms in total. The van der Waals surface area contributed by atoms with Gasteiger partial charge in [0.1, 0.15) is 6.29 Å². The molecule has 0 aliphatic heterocycles. The highest BCUT2D eigenvalue weighted by molar-refractivity contribution is 7.17. The topological polar surface area (TPSA) is 34.1 Å². The number of hydrogen-bond donors (Lipinski definition) is 0. The van der Waals surface area contributed by atoms with E-state index in [-0.39, 0.29) is 0 Å². The van der Waals surface area contributed by atoms with E-state index >= 15 is 0 Å². The Hall–Kier alpha value is -1.74. The average molecular weight is 216 g/mol. The van der Waals surface area contributed by atoms with Crippen LogP contribution < -0.4 is 0 Å². The lowest BCUT2D eigenvalue weighted by Crippen LogP contribution is -1.79. The first-order chi connectivity index (χ1) is 7.33. The summed E-state index contributed by atoms with van der Waals surface area (Å²) < 4.78 is 0. The predicted octanol–water partition coefficient (Wildman–Crippen LogP) is 3.04. The molecule has 0 aliphatic carbocycles. The molecule has 0 radical (unpaired) electrons. The van der Waals surface area contributed by atoms with Crippen LogP contribution in [-0.4, -0.2) is 12.6 Å².